The molecule has 60 valence electrons. The van der Waals surface area contributed by atoms with Gasteiger partial charge in [0.2, 0.25) is 0 Å². The average Bonchev–Trinajstić information content (AvgIpc) is 2.08. The number of allylic oxidation sites excluding steroid dienone is 1. The van der Waals surface area contributed by atoms with Crippen LogP contribution < -0.4 is 5.32 Å². The van der Waals surface area contributed by atoms with E-state index >= 15 is 0 Å². The molecule has 1 heterocycles. The van der Waals surface area contributed by atoms with Gasteiger partial charge >= 0.3 is 0 Å². The molecule has 0 unspecified atom stereocenters. The van der Waals surface area contributed by atoms with Gasteiger partial charge in [-0.2, -0.15) is 0 Å². The Morgan fingerprint density at radius 3 is 2.45 bits per heavy atom. The number of pyridine rings is 1. The average molecular weight is 150 g/mol. The quantitative estimate of drug-likeness (QED) is 0.621. The molecular formula is C9H14N2. The van der Waals surface area contributed by atoms with Gasteiger partial charge in [0.15, 0.2) is 0 Å². The molecule has 0 aromatic carbocycles. The zero-order chi connectivity index (χ0) is 8.53. The van der Waals surface area contributed by atoms with Crippen LogP contribution in [0, 0.1) is 0 Å². The molecule has 0 spiro atoms. The van der Waals surface area contributed by atoms with E-state index in [1.54, 1.807) is 12.3 Å². The van der Waals surface area contributed by atoms with Crippen molar-refractivity contribution in [3.63, 3.8) is 0 Å². The third-order valence-electron chi connectivity index (χ3n) is 0.921. The Kier molecular flexibility index (Phi) is 5.99. The summed E-state index contributed by atoms with van der Waals surface area (Å²) in [6.07, 6.45) is 3.51. The lowest BCUT2D eigenvalue weighted by molar-refractivity contribution is 1.29. The van der Waals surface area contributed by atoms with Crippen molar-refractivity contribution in [1.29, 1.82) is 0 Å². The van der Waals surface area contributed by atoms with E-state index in [1.807, 2.05) is 32.2 Å². The molecule has 0 fully saturated rings. The van der Waals surface area contributed by atoms with E-state index in [-0.39, 0.29) is 0 Å². The third kappa shape index (κ3) is 5.15. The van der Waals surface area contributed by atoms with E-state index < -0.39 is 0 Å². The van der Waals surface area contributed by atoms with Crippen molar-refractivity contribution < 1.29 is 0 Å². The maximum Gasteiger partial charge on any atom is 0.125 e. The fraction of sp³-hybridized carbons (Fsp3) is 0.222. The Morgan fingerprint density at radius 1 is 1.55 bits per heavy atom. The fourth-order valence-corrected chi connectivity index (χ4v) is 0.511. The number of nitrogens with zero attached hydrogens (tertiary/aromatic N) is 1. The van der Waals surface area contributed by atoms with Crippen LogP contribution in [0.25, 0.3) is 0 Å². The zero-order valence-electron chi connectivity index (χ0n) is 7.04. The second kappa shape index (κ2) is 6.81. The molecule has 0 amide bonds. The van der Waals surface area contributed by atoms with Crippen molar-refractivity contribution in [2.45, 2.75) is 6.92 Å². The molecule has 0 aliphatic rings. The highest BCUT2D eigenvalue weighted by molar-refractivity contribution is 5.31. The van der Waals surface area contributed by atoms with Crippen LogP contribution in [-0.4, -0.2) is 12.0 Å². The monoisotopic (exact) mass is 150 g/mol. The maximum atomic E-state index is 3.99. The number of nitrogens with one attached hydrogen (secondary N) is 1. The van der Waals surface area contributed by atoms with Crippen LogP contribution in [-0.2, 0) is 0 Å². The minimum absolute atomic E-state index is 0.910. The Morgan fingerprint density at radius 2 is 2.18 bits per heavy atom. The summed E-state index contributed by atoms with van der Waals surface area (Å²) in [5.41, 5.74) is 0. The Bertz CT molecular complexity index is 182. The molecule has 0 aliphatic carbocycles. The van der Waals surface area contributed by atoms with Crippen molar-refractivity contribution >= 4 is 5.82 Å². The van der Waals surface area contributed by atoms with Crippen LogP contribution in [0.5, 0.6) is 0 Å². The van der Waals surface area contributed by atoms with Crippen molar-refractivity contribution in [3.05, 3.63) is 37.1 Å². The summed E-state index contributed by atoms with van der Waals surface area (Å²) in [7, 11) is 1.85. The van der Waals surface area contributed by atoms with Gasteiger partial charge in [-0.05, 0) is 19.1 Å². The topological polar surface area (TPSA) is 24.9 Å². The SMILES string of the molecule is C=CC.CNc1ccccn1. The van der Waals surface area contributed by atoms with E-state index in [0.29, 0.717) is 0 Å². The second-order valence-corrected chi connectivity index (χ2v) is 1.87. The molecular weight excluding hydrogens is 136 g/mol. The van der Waals surface area contributed by atoms with Gasteiger partial charge in [-0.1, -0.05) is 12.1 Å². The molecule has 0 radical (unpaired) electrons. The number of hydrogen-bond donors (Lipinski definition) is 1. The molecule has 11 heavy (non-hydrogen) atoms. The van der Waals surface area contributed by atoms with Crippen molar-refractivity contribution in [2.75, 3.05) is 12.4 Å². The van der Waals surface area contributed by atoms with E-state index in [1.165, 1.54) is 0 Å². The third-order valence-corrected chi connectivity index (χ3v) is 0.921. The molecule has 0 bridgehead atoms. The first-order valence-corrected chi connectivity index (χ1v) is 3.51. The lowest BCUT2D eigenvalue weighted by atomic mass is 10.5. The maximum absolute atomic E-state index is 3.99. The smallest absolute Gasteiger partial charge is 0.125 e. The zero-order valence-corrected chi connectivity index (χ0v) is 7.04. The van der Waals surface area contributed by atoms with Gasteiger partial charge in [0.1, 0.15) is 5.82 Å². The molecule has 1 aromatic heterocycles. The van der Waals surface area contributed by atoms with Crippen molar-refractivity contribution in [2.24, 2.45) is 0 Å². The van der Waals surface area contributed by atoms with Crippen molar-refractivity contribution in [3.8, 4) is 0 Å². The molecule has 0 aliphatic heterocycles. The summed E-state index contributed by atoms with van der Waals surface area (Å²) in [5.74, 6) is 0.910. The predicted molar refractivity (Wildman–Crippen MR) is 49.7 cm³/mol. The van der Waals surface area contributed by atoms with Gasteiger partial charge < -0.3 is 5.32 Å². The molecule has 2 heteroatoms. The summed E-state index contributed by atoms with van der Waals surface area (Å²) in [4.78, 5) is 3.99. The summed E-state index contributed by atoms with van der Waals surface area (Å²) in [5, 5.41) is 2.92. The standard InChI is InChI=1S/C6H8N2.C3H6/c1-7-6-4-2-3-5-8-6;1-3-2/h2-5H,1H3,(H,7,8);3H,1H2,2H3. The van der Waals surface area contributed by atoms with Gasteiger partial charge in [-0.25, -0.2) is 4.98 Å². The number of rotatable bonds is 1. The van der Waals surface area contributed by atoms with Gasteiger partial charge in [0.05, 0.1) is 0 Å². The summed E-state index contributed by atoms with van der Waals surface area (Å²) in [6, 6.07) is 5.75. The van der Waals surface area contributed by atoms with Crippen LogP contribution in [0.1, 0.15) is 6.92 Å². The summed E-state index contributed by atoms with van der Waals surface area (Å²) >= 11 is 0. The van der Waals surface area contributed by atoms with Crippen LogP contribution >= 0.6 is 0 Å². The van der Waals surface area contributed by atoms with Crippen LogP contribution in [0.15, 0.2) is 37.1 Å². The Labute approximate surface area is 68.0 Å². The molecule has 0 saturated heterocycles. The highest BCUT2D eigenvalue weighted by Crippen LogP contribution is 1.95. The lowest BCUT2D eigenvalue weighted by Crippen LogP contribution is -1.88. The van der Waals surface area contributed by atoms with Crippen LogP contribution in [0.3, 0.4) is 0 Å². The van der Waals surface area contributed by atoms with Gasteiger partial charge in [0.25, 0.3) is 0 Å². The van der Waals surface area contributed by atoms with Gasteiger partial charge in [0, 0.05) is 13.2 Å². The number of anilines is 1. The lowest BCUT2D eigenvalue weighted by Gasteiger charge is -1.92. The van der Waals surface area contributed by atoms with Gasteiger partial charge in [-0.15, -0.1) is 6.58 Å². The van der Waals surface area contributed by atoms with Gasteiger partial charge in [-0.3, -0.25) is 0 Å². The second-order valence-electron chi connectivity index (χ2n) is 1.87. The molecule has 1 N–H and O–H groups in total. The fourth-order valence-electron chi connectivity index (χ4n) is 0.511. The normalized spacial score (nSPS) is 7.45. The van der Waals surface area contributed by atoms with E-state index in [4.69, 9.17) is 0 Å². The summed E-state index contributed by atoms with van der Waals surface area (Å²) in [6.45, 7) is 5.25. The summed E-state index contributed by atoms with van der Waals surface area (Å²) < 4.78 is 0. The molecule has 0 saturated carbocycles. The molecule has 1 rings (SSSR count). The molecule has 2 nitrogen and oxygen atoms in total. The highest BCUT2D eigenvalue weighted by atomic mass is 14.9. The first-order chi connectivity index (χ1) is 5.35. The molecule has 0 atom stereocenters. The first-order valence-electron chi connectivity index (χ1n) is 3.51. The van der Waals surface area contributed by atoms with Crippen molar-refractivity contribution in [1.82, 2.24) is 4.98 Å². The Hall–Kier alpha value is -1.31. The van der Waals surface area contributed by atoms with Crippen LogP contribution in [0.2, 0.25) is 0 Å². The minimum atomic E-state index is 0.910. The molecule has 1 aromatic rings. The predicted octanol–water partition coefficient (Wildman–Crippen LogP) is 2.32. The van der Waals surface area contributed by atoms with Crippen LogP contribution in [0.4, 0.5) is 5.82 Å². The highest BCUT2D eigenvalue weighted by Gasteiger charge is 1.79. The first kappa shape index (κ1) is 9.69. The minimum Gasteiger partial charge on any atom is -0.373 e. The largest absolute Gasteiger partial charge is 0.373 e. The van der Waals surface area contributed by atoms with E-state index in [9.17, 15) is 0 Å². The Balaban J connectivity index is 0.000000292. The van der Waals surface area contributed by atoms with E-state index in [2.05, 4.69) is 16.9 Å². The number of aromatic nitrogens is 1. The van der Waals surface area contributed by atoms with E-state index in [0.717, 1.165) is 5.82 Å². The number of hydrogen-bond acceptors (Lipinski definition) is 2.